The predicted octanol–water partition coefficient (Wildman–Crippen LogP) is -0.523. The van der Waals surface area contributed by atoms with E-state index in [9.17, 15) is 22.8 Å². The van der Waals surface area contributed by atoms with Crippen molar-refractivity contribution >= 4 is 0 Å². The van der Waals surface area contributed by atoms with Crippen molar-refractivity contribution in [1.29, 1.82) is 0 Å². The van der Waals surface area contributed by atoms with Crippen LogP contribution in [0.5, 0.6) is 0 Å². The Kier molecular flexibility index (Phi) is 1.75. The van der Waals surface area contributed by atoms with Crippen LogP contribution >= 0.6 is 0 Å². The molecule has 5 nitrogen and oxygen atoms in total. The minimum atomic E-state index is -4.81. The van der Waals surface area contributed by atoms with Crippen molar-refractivity contribution in [2.45, 2.75) is 6.18 Å². The molecule has 0 radical (unpaired) electrons. The second kappa shape index (κ2) is 2.47. The number of aromatic nitrogens is 3. The molecule has 2 N–H and O–H groups in total. The number of H-pyrrole nitrogens is 2. The Bertz CT molecular complexity index is 361. The van der Waals surface area contributed by atoms with Gasteiger partial charge >= 0.3 is 17.6 Å². The van der Waals surface area contributed by atoms with E-state index in [4.69, 9.17) is 0 Å². The van der Waals surface area contributed by atoms with Crippen molar-refractivity contribution in [2.75, 3.05) is 0 Å². The van der Waals surface area contributed by atoms with Crippen LogP contribution in [0, 0.1) is 0 Å². The summed E-state index contributed by atoms with van der Waals surface area (Å²) >= 11 is 0. The summed E-state index contributed by atoms with van der Waals surface area (Å²) < 4.78 is 35.3. The minimum absolute atomic E-state index is 1.23. The Balaban J connectivity index is 3.37. The van der Waals surface area contributed by atoms with E-state index in [0.29, 0.717) is 0 Å². The zero-order valence-corrected chi connectivity index (χ0v) is 5.40. The highest BCUT2D eigenvalue weighted by Gasteiger charge is 2.34. The van der Waals surface area contributed by atoms with Crippen molar-refractivity contribution < 1.29 is 13.2 Å². The predicted molar refractivity (Wildman–Crippen MR) is 30.5 cm³/mol. The first kappa shape index (κ1) is 8.50. The lowest BCUT2D eigenvalue weighted by molar-refractivity contribution is -0.145. The van der Waals surface area contributed by atoms with Crippen LogP contribution in [0.3, 0.4) is 0 Å². The molecule has 0 spiro atoms. The van der Waals surface area contributed by atoms with Crippen LogP contribution in [0.25, 0.3) is 0 Å². The topological polar surface area (TPSA) is 78.6 Å². The van der Waals surface area contributed by atoms with Gasteiger partial charge in [0.05, 0.1) is 0 Å². The molecular formula is C4H2F3N3O2. The van der Waals surface area contributed by atoms with Crippen LogP contribution < -0.4 is 11.4 Å². The van der Waals surface area contributed by atoms with Crippen LogP contribution in [0.1, 0.15) is 5.82 Å². The molecule has 0 saturated heterocycles. The Morgan fingerprint density at radius 3 is 2.17 bits per heavy atom. The fraction of sp³-hybridized carbons (Fsp3) is 0.250. The van der Waals surface area contributed by atoms with E-state index in [0.717, 1.165) is 0 Å². The van der Waals surface area contributed by atoms with Crippen molar-refractivity contribution in [3.8, 4) is 0 Å². The van der Waals surface area contributed by atoms with Gasteiger partial charge in [-0.2, -0.15) is 18.2 Å². The molecule has 1 rings (SSSR count). The summed E-state index contributed by atoms with van der Waals surface area (Å²) in [5.74, 6) is -1.60. The molecule has 66 valence electrons. The largest absolute Gasteiger partial charge is 0.449 e. The maximum Gasteiger partial charge on any atom is 0.449 e. The SMILES string of the molecule is O=c1nc(C(F)(F)F)[nH]c(=O)[nH]1. The van der Waals surface area contributed by atoms with Crippen molar-refractivity contribution in [2.24, 2.45) is 0 Å². The Hall–Kier alpha value is -1.60. The van der Waals surface area contributed by atoms with Gasteiger partial charge in [0.2, 0.25) is 5.82 Å². The third-order valence-electron chi connectivity index (χ3n) is 0.934. The summed E-state index contributed by atoms with van der Waals surface area (Å²) in [4.78, 5) is 25.9. The lowest BCUT2D eigenvalue weighted by Gasteiger charge is -2.01. The van der Waals surface area contributed by atoms with Crippen molar-refractivity contribution in [3.63, 3.8) is 0 Å². The second-order valence-corrected chi connectivity index (χ2v) is 1.84. The smallest absolute Gasteiger partial charge is 0.288 e. The summed E-state index contributed by atoms with van der Waals surface area (Å²) in [5.41, 5.74) is -2.56. The van der Waals surface area contributed by atoms with Crippen LogP contribution in [-0.4, -0.2) is 15.0 Å². The Morgan fingerprint density at radius 1 is 1.17 bits per heavy atom. The van der Waals surface area contributed by atoms with E-state index in [1.54, 1.807) is 0 Å². The molecule has 1 aromatic rings. The van der Waals surface area contributed by atoms with E-state index in [2.05, 4.69) is 4.98 Å². The molecular weight excluding hydrogens is 179 g/mol. The highest BCUT2D eigenvalue weighted by atomic mass is 19.4. The van der Waals surface area contributed by atoms with E-state index in [1.165, 1.54) is 9.97 Å². The maximum absolute atomic E-state index is 11.8. The van der Waals surface area contributed by atoms with E-state index in [1.807, 2.05) is 0 Å². The average molecular weight is 181 g/mol. The highest BCUT2D eigenvalue weighted by Crippen LogP contribution is 2.23. The number of hydrogen-bond donors (Lipinski definition) is 2. The van der Waals surface area contributed by atoms with Gasteiger partial charge in [-0.05, 0) is 0 Å². The Labute approximate surface area is 62.3 Å². The average Bonchev–Trinajstić information content (AvgIpc) is 1.82. The third kappa shape index (κ3) is 1.71. The van der Waals surface area contributed by atoms with Gasteiger partial charge in [0.15, 0.2) is 0 Å². The van der Waals surface area contributed by atoms with Gasteiger partial charge in [-0.15, -0.1) is 0 Å². The number of halogens is 3. The first-order valence-electron chi connectivity index (χ1n) is 2.67. The molecule has 12 heavy (non-hydrogen) atoms. The van der Waals surface area contributed by atoms with E-state index >= 15 is 0 Å². The number of nitrogens with zero attached hydrogens (tertiary/aromatic N) is 1. The molecule has 1 aromatic heterocycles. The van der Waals surface area contributed by atoms with E-state index in [-0.39, 0.29) is 0 Å². The highest BCUT2D eigenvalue weighted by molar-refractivity contribution is 4.87. The molecule has 0 aliphatic carbocycles. The fourth-order valence-electron chi connectivity index (χ4n) is 0.528. The quantitative estimate of drug-likeness (QED) is 0.565. The Morgan fingerprint density at radius 2 is 1.75 bits per heavy atom. The van der Waals surface area contributed by atoms with Gasteiger partial charge in [-0.1, -0.05) is 0 Å². The lowest BCUT2D eigenvalue weighted by Crippen LogP contribution is -2.30. The van der Waals surface area contributed by atoms with Crippen molar-refractivity contribution in [1.82, 2.24) is 15.0 Å². The molecule has 0 saturated carbocycles. The molecule has 0 amide bonds. The summed E-state index contributed by atoms with van der Waals surface area (Å²) in [5, 5.41) is 0. The van der Waals surface area contributed by atoms with Crippen LogP contribution in [-0.2, 0) is 6.18 Å². The van der Waals surface area contributed by atoms with Gasteiger partial charge in [-0.25, -0.2) is 9.59 Å². The number of hydrogen-bond acceptors (Lipinski definition) is 3. The number of nitrogens with one attached hydrogen (secondary N) is 2. The van der Waals surface area contributed by atoms with Crippen LogP contribution in [0.4, 0.5) is 13.2 Å². The minimum Gasteiger partial charge on any atom is -0.288 e. The van der Waals surface area contributed by atoms with Gasteiger partial charge in [0, 0.05) is 0 Å². The fourth-order valence-corrected chi connectivity index (χ4v) is 0.528. The third-order valence-corrected chi connectivity index (χ3v) is 0.934. The molecule has 0 aromatic carbocycles. The molecule has 0 unspecified atom stereocenters. The number of alkyl halides is 3. The first-order chi connectivity index (χ1) is 5.39. The lowest BCUT2D eigenvalue weighted by atomic mass is 10.6. The summed E-state index contributed by atoms with van der Waals surface area (Å²) in [6, 6.07) is 0. The van der Waals surface area contributed by atoms with Gasteiger partial charge in [0.25, 0.3) is 0 Å². The van der Waals surface area contributed by atoms with Gasteiger partial charge < -0.3 is 0 Å². The zero-order valence-electron chi connectivity index (χ0n) is 5.40. The summed E-state index contributed by atoms with van der Waals surface area (Å²) in [6.07, 6.45) is -4.81. The zero-order chi connectivity index (χ0) is 9.35. The van der Waals surface area contributed by atoms with Crippen LogP contribution in [0.2, 0.25) is 0 Å². The summed E-state index contributed by atoms with van der Waals surface area (Å²) in [6.45, 7) is 0. The normalized spacial score (nSPS) is 11.6. The summed E-state index contributed by atoms with van der Waals surface area (Å²) in [7, 11) is 0. The molecule has 0 aliphatic rings. The van der Waals surface area contributed by atoms with E-state index < -0.39 is 23.4 Å². The molecule has 8 heteroatoms. The molecule has 0 atom stereocenters. The standard InChI is InChI=1S/C4H2F3N3O2/c5-4(6,7)1-8-2(11)10-3(12)9-1/h(H2,8,9,10,11,12). The number of rotatable bonds is 0. The van der Waals surface area contributed by atoms with Crippen LogP contribution in [0.15, 0.2) is 9.59 Å². The molecule has 0 aliphatic heterocycles. The first-order valence-corrected chi connectivity index (χ1v) is 2.67. The molecule has 1 heterocycles. The molecule has 0 fully saturated rings. The number of aromatic amines is 2. The monoisotopic (exact) mass is 181 g/mol. The van der Waals surface area contributed by atoms with Gasteiger partial charge in [-0.3, -0.25) is 9.97 Å². The maximum atomic E-state index is 11.8. The molecule has 0 bridgehead atoms. The van der Waals surface area contributed by atoms with Gasteiger partial charge in [0.1, 0.15) is 0 Å². The second-order valence-electron chi connectivity index (χ2n) is 1.84. The van der Waals surface area contributed by atoms with Crippen molar-refractivity contribution in [3.05, 3.63) is 26.8 Å².